The van der Waals surface area contributed by atoms with Crippen LogP contribution >= 0.6 is 7.75 Å². The zero-order valence-electron chi connectivity index (χ0n) is 22.5. The molecule has 3 N–H and O–H groups in total. The summed E-state index contributed by atoms with van der Waals surface area (Å²) in [6, 6.07) is 4.83. The Labute approximate surface area is 215 Å². The van der Waals surface area contributed by atoms with Crippen molar-refractivity contribution in [2.45, 2.75) is 64.3 Å². The largest absolute Gasteiger partial charge is 0.462 e. The van der Waals surface area contributed by atoms with Crippen molar-refractivity contribution in [3.05, 3.63) is 74.3 Å². The number of esters is 1. The maximum Gasteiger partial charge on any atom is 0.459 e. The first-order valence-corrected chi connectivity index (χ1v) is 12.8. The Morgan fingerprint density at radius 3 is 2.65 bits per heavy atom. The molecule has 0 saturated carbocycles. The molecule has 13 nitrogen and oxygen atoms in total. The van der Waals surface area contributed by atoms with Gasteiger partial charge in [0, 0.05) is 11.8 Å². The summed E-state index contributed by atoms with van der Waals surface area (Å²) in [5, 5.41) is 13.2. The number of nitrogens with one attached hydrogen (secondary N) is 2. The number of carbonyl (C=O) groups excluding carboxylic acids is 1. The number of ether oxygens (including phenoxy) is 2. The van der Waals surface area contributed by atoms with E-state index in [2.05, 4.69) is 14.9 Å². The average molecular weight is 538 g/mol. The van der Waals surface area contributed by atoms with Crippen molar-refractivity contribution in [3.63, 3.8) is 0 Å². The fourth-order valence-electron chi connectivity index (χ4n) is 3.34. The molecule has 1 saturated heterocycles. The summed E-state index contributed by atoms with van der Waals surface area (Å²) in [5.41, 5.74) is -1.51. The number of hydrogen-bond donors (Lipinski definition) is 3. The number of H-pyrrole nitrogens is 1. The van der Waals surface area contributed by atoms with E-state index in [-0.39, 0.29) is 11.3 Å². The van der Waals surface area contributed by atoms with Crippen molar-refractivity contribution in [2.24, 2.45) is 0 Å². The zero-order valence-corrected chi connectivity index (χ0v) is 21.4. The monoisotopic (exact) mass is 538 g/mol. The van der Waals surface area contributed by atoms with Crippen LogP contribution in [0, 0.1) is 13.5 Å². The Bertz CT molecular complexity index is 1390. The highest BCUT2D eigenvalue weighted by Gasteiger charge is 2.51. The molecule has 0 amide bonds. The molecule has 0 spiro atoms. The van der Waals surface area contributed by atoms with Crippen molar-refractivity contribution >= 4 is 13.7 Å². The summed E-state index contributed by atoms with van der Waals surface area (Å²) in [7, 11) is -4.75. The first-order valence-electron chi connectivity index (χ1n) is 12.2. The fraction of sp³-hybridized carbons (Fsp3) is 0.478. The van der Waals surface area contributed by atoms with Gasteiger partial charge in [0.1, 0.15) is 17.9 Å². The van der Waals surface area contributed by atoms with Gasteiger partial charge in [-0.3, -0.25) is 23.7 Å². The molecule has 200 valence electrons. The molecule has 14 heteroatoms. The molecule has 1 aliphatic heterocycles. The minimum absolute atomic E-state index is 0.00799. The molecule has 3 rings (SSSR count). The van der Waals surface area contributed by atoms with Gasteiger partial charge >= 0.3 is 19.4 Å². The van der Waals surface area contributed by atoms with Crippen LogP contribution in [0.2, 0.25) is 0 Å². The molecule has 1 aromatic heterocycles. The number of para-hydroxylation sites is 1. The predicted molar refractivity (Wildman–Crippen MR) is 131 cm³/mol. The summed E-state index contributed by atoms with van der Waals surface area (Å²) in [6.45, 7) is 10.3. The van der Waals surface area contributed by atoms with E-state index >= 15 is 0 Å². The van der Waals surface area contributed by atoms with Crippen molar-refractivity contribution in [2.75, 3.05) is 6.56 Å². The van der Waals surface area contributed by atoms with E-state index in [0.29, 0.717) is 0 Å². The van der Waals surface area contributed by atoms with Crippen LogP contribution in [-0.4, -0.2) is 57.6 Å². The van der Waals surface area contributed by atoms with Crippen molar-refractivity contribution < 1.29 is 35.7 Å². The van der Waals surface area contributed by atoms with E-state index < -0.39 is 68.1 Å². The predicted octanol–water partition coefficient (Wildman–Crippen LogP) is 1.52. The molecular weight excluding hydrogens is 507 g/mol. The highest BCUT2D eigenvalue weighted by molar-refractivity contribution is 7.52. The third-order valence-corrected chi connectivity index (χ3v) is 6.62. The summed E-state index contributed by atoms with van der Waals surface area (Å²) in [4.78, 5) is 41.8. The standard InChI is InChI=1S/C23H29N4O9P/c1-13(2)34-22(30)15(4)26-37(32,36-16-9-7-6-8-10-16)33-12-17-19(28)18(24-5)21(35-17)27-11-14(3)20(29)25-23(27)31/h6-11,13,15,17-19,21,28H,12H2,1-4H3,(H,26,32)(H,25,29,31)/t15-,17-,18+,19?,21-,37+/m0/s1/i12D2. The Kier molecular flexibility index (Phi) is 8.13. The van der Waals surface area contributed by atoms with Gasteiger partial charge < -0.3 is 23.9 Å². The van der Waals surface area contributed by atoms with E-state index in [4.69, 9.17) is 27.8 Å². The molecule has 6 atom stereocenters. The molecule has 1 fully saturated rings. The third-order valence-electron chi connectivity index (χ3n) is 5.12. The highest BCUT2D eigenvalue weighted by atomic mass is 31.2. The molecule has 0 aliphatic carbocycles. The lowest BCUT2D eigenvalue weighted by Crippen LogP contribution is -2.38. The Balaban J connectivity index is 1.94. The lowest BCUT2D eigenvalue weighted by molar-refractivity contribution is -0.149. The zero-order chi connectivity index (χ0) is 29.1. The summed E-state index contributed by atoms with van der Waals surface area (Å²) >= 11 is 0. The maximum absolute atomic E-state index is 13.8. The first kappa shape index (κ1) is 25.4. The number of hydrogen-bond acceptors (Lipinski definition) is 9. The normalized spacial score (nSPS) is 24.9. The molecule has 1 unspecified atom stereocenters. The summed E-state index contributed by atoms with van der Waals surface area (Å²) in [5.74, 6) is -0.808. The molecule has 37 heavy (non-hydrogen) atoms. The van der Waals surface area contributed by atoms with E-state index in [9.17, 15) is 24.1 Å². The van der Waals surface area contributed by atoms with Gasteiger partial charge in [-0.2, -0.15) is 5.09 Å². The lowest BCUT2D eigenvalue weighted by Gasteiger charge is -2.24. The van der Waals surface area contributed by atoms with Crippen molar-refractivity contribution in [1.82, 2.24) is 14.6 Å². The number of aromatic nitrogens is 2. The smallest absolute Gasteiger partial charge is 0.459 e. The van der Waals surface area contributed by atoms with Crippen LogP contribution in [-0.2, 0) is 23.4 Å². The molecule has 0 radical (unpaired) electrons. The molecular formula is C23H29N4O9P. The Morgan fingerprint density at radius 2 is 2.03 bits per heavy atom. The molecule has 1 aromatic carbocycles. The summed E-state index contributed by atoms with van der Waals surface area (Å²) < 4.78 is 53.0. The van der Waals surface area contributed by atoms with Crippen LogP contribution in [0.3, 0.4) is 0 Å². The maximum atomic E-state index is 13.8. The van der Waals surface area contributed by atoms with E-state index in [1.165, 1.54) is 26.0 Å². The van der Waals surface area contributed by atoms with Gasteiger partial charge in [0.15, 0.2) is 6.10 Å². The van der Waals surface area contributed by atoms with E-state index in [0.717, 1.165) is 10.8 Å². The van der Waals surface area contributed by atoms with Gasteiger partial charge in [-0.05, 0) is 39.8 Å². The highest BCUT2D eigenvalue weighted by Crippen LogP contribution is 2.46. The number of nitrogens with zero attached hydrogens (tertiary/aromatic N) is 2. The third kappa shape index (κ3) is 6.94. The first-order chi connectivity index (χ1) is 18.2. The number of aliphatic hydroxyl groups is 1. The number of aromatic amines is 1. The second-order valence-electron chi connectivity index (χ2n) is 8.48. The fourth-order valence-corrected chi connectivity index (χ4v) is 4.70. The Hall–Kier alpha value is -3.27. The quantitative estimate of drug-likeness (QED) is 0.230. The topological polar surface area (TPSA) is 163 Å². The van der Waals surface area contributed by atoms with Crippen LogP contribution < -0.4 is 20.9 Å². The van der Waals surface area contributed by atoms with Gasteiger partial charge in [0.05, 0.1) is 15.4 Å². The van der Waals surface area contributed by atoms with Crippen molar-refractivity contribution in [1.29, 1.82) is 0 Å². The van der Waals surface area contributed by atoms with Gasteiger partial charge in [0.2, 0.25) is 6.23 Å². The van der Waals surface area contributed by atoms with Gasteiger partial charge in [-0.25, -0.2) is 15.9 Å². The number of benzene rings is 1. The van der Waals surface area contributed by atoms with Crippen LogP contribution in [0.4, 0.5) is 0 Å². The van der Waals surface area contributed by atoms with E-state index in [1.54, 1.807) is 32.0 Å². The molecule has 1 aliphatic rings. The van der Waals surface area contributed by atoms with Crippen LogP contribution in [0.5, 0.6) is 5.75 Å². The minimum atomic E-state index is -4.75. The van der Waals surface area contributed by atoms with Crippen LogP contribution in [0.1, 0.15) is 35.3 Å². The lowest BCUT2D eigenvalue weighted by atomic mass is 10.1. The SMILES string of the molecule is [2H]C([2H])(O[P@](=O)(N[C@@H](C)C(=O)OC(C)C)Oc1ccccc1)[C@@H]1O[C@H](n2cc(C)c(=O)[nH]c2=O)[C@H]([N+]#[C-])C1O. The second kappa shape index (κ2) is 11.9. The van der Waals surface area contributed by atoms with Gasteiger partial charge in [-0.1, -0.05) is 18.2 Å². The second-order valence-corrected chi connectivity index (χ2v) is 10.1. The van der Waals surface area contributed by atoms with Crippen LogP contribution in [0.15, 0.2) is 46.1 Å². The number of aliphatic hydroxyl groups excluding tert-OH is 1. The number of carbonyl (C=O) groups is 1. The average Bonchev–Trinajstić information content (AvgIpc) is 3.17. The van der Waals surface area contributed by atoms with Crippen LogP contribution in [0.25, 0.3) is 4.85 Å². The van der Waals surface area contributed by atoms with E-state index in [1.807, 2.05) is 0 Å². The van der Waals surface area contributed by atoms with Crippen molar-refractivity contribution in [3.8, 4) is 5.75 Å². The summed E-state index contributed by atoms with van der Waals surface area (Å²) in [6.07, 6.45) is -4.72. The van der Waals surface area contributed by atoms with Gasteiger partial charge in [0.25, 0.3) is 11.6 Å². The molecule has 0 bridgehead atoms. The molecule has 2 heterocycles. The Morgan fingerprint density at radius 1 is 1.35 bits per heavy atom. The number of rotatable bonds is 10. The minimum Gasteiger partial charge on any atom is -0.462 e. The number of aryl methyl sites for hydroxylation is 1. The van der Waals surface area contributed by atoms with Gasteiger partial charge in [-0.15, -0.1) is 0 Å². The molecule has 2 aromatic rings.